The van der Waals surface area contributed by atoms with Crippen molar-refractivity contribution in [3.8, 4) is 0 Å². The van der Waals surface area contributed by atoms with Crippen molar-refractivity contribution in [3.05, 3.63) is 18.7 Å². The van der Waals surface area contributed by atoms with Gasteiger partial charge in [-0.25, -0.2) is 4.98 Å². The molecule has 36 valence electrons. The van der Waals surface area contributed by atoms with E-state index in [1.54, 1.807) is 23.3 Å². The molecule has 1 aromatic rings. The topological polar surface area (TPSA) is 41.7 Å². The average molecular weight is 95.1 g/mol. The Morgan fingerprint density at radius 1 is 1.71 bits per heavy atom. The Kier molecular flexibility index (Phi) is 0.898. The maximum absolute atomic E-state index is 6.66. The summed E-state index contributed by atoms with van der Waals surface area (Å²) in [6, 6.07) is 0. The summed E-state index contributed by atoms with van der Waals surface area (Å²) in [5, 5.41) is 6.66. The van der Waals surface area contributed by atoms with Gasteiger partial charge in [-0.2, -0.15) is 0 Å². The van der Waals surface area contributed by atoms with Crippen LogP contribution in [0.5, 0.6) is 0 Å². The number of hydrogen-bond donors (Lipinski definition) is 1. The van der Waals surface area contributed by atoms with Crippen LogP contribution in [0, 0.1) is 5.41 Å². The molecule has 3 heteroatoms. The molecular weight excluding hydrogens is 90.1 g/mol. The normalized spacial score (nSPS) is 8.57. The van der Waals surface area contributed by atoms with Gasteiger partial charge < -0.3 is 0 Å². The minimum Gasteiger partial charge on any atom is -0.297 e. The number of nitrogens with zero attached hydrogens (tertiary/aromatic N) is 2. The molecule has 0 spiro atoms. The van der Waals surface area contributed by atoms with E-state index < -0.39 is 0 Å². The van der Waals surface area contributed by atoms with Crippen LogP contribution in [0.2, 0.25) is 0 Å². The monoisotopic (exact) mass is 95.0 g/mol. The maximum Gasteiger partial charge on any atom is 0.0998 e. The molecule has 1 rings (SSSR count). The number of aromatic nitrogens is 2. The second-order valence-corrected chi connectivity index (χ2v) is 1.14. The molecule has 3 nitrogen and oxygen atoms in total. The molecule has 0 saturated carbocycles. The van der Waals surface area contributed by atoms with Crippen LogP contribution in [0.4, 0.5) is 0 Å². The van der Waals surface area contributed by atoms with Gasteiger partial charge in [-0.05, 0) is 0 Å². The van der Waals surface area contributed by atoms with Crippen molar-refractivity contribution >= 4 is 6.34 Å². The smallest absolute Gasteiger partial charge is 0.0998 e. The molecule has 1 aromatic heterocycles. The second kappa shape index (κ2) is 1.55. The van der Waals surface area contributed by atoms with E-state index in [0.29, 0.717) is 0 Å². The predicted molar refractivity (Wildman–Crippen MR) is 26.4 cm³/mol. The third-order valence-electron chi connectivity index (χ3n) is 0.674. The van der Waals surface area contributed by atoms with E-state index in [4.69, 9.17) is 5.41 Å². The fourth-order valence-corrected chi connectivity index (χ4v) is 0.346. The van der Waals surface area contributed by atoms with E-state index in [1.807, 2.05) is 0 Å². The zero-order valence-electron chi connectivity index (χ0n) is 3.70. The van der Waals surface area contributed by atoms with Gasteiger partial charge in [0.25, 0.3) is 0 Å². The van der Waals surface area contributed by atoms with Crippen LogP contribution in [0.15, 0.2) is 18.7 Å². The van der Waals surface area contributed by atoms with Gasteiger partial charge in [0, 0.05) is 12.4 Å². The lowest BCUT2D eigenvalue weighted by molar-refractivity contribution is 1.15. The van der Waals surface area contributed by atoms with Gasteiger partial charge in [-0.3, -0.25) is 9.98 Å². The molecular formula is C4H5N3. The first-order valence-corrected chi connectivity index (χ1v) is 1.91. The van der Waals surface area contributed by atoms with E-state index in [1.165, 1.54) is 6.34 Å². The summed E-state index contributed by atoms with van der Waals surface area (Å²) in [5.74, 6) is 0. The highest BCUT2D eigenvalue weighted by atomic mass is 15.0. The van der Waals surface area contributed by atoms with Crippen molar-refractivity contribution in [1.29, 1.82) is 5.41 Å². The van der Waals surface area contributed by atoms with Gasteiger partial charge in [0.1, 0.15) is 0 Å². The molecule has 1 N–H and O–H groups in total. The Hall–Kier alpha value is -1.12. The molecule has 0 aliphatic carbocycles. The average Bonchev–Trinajstić information content (AvgIpc) is 2.14. The standard InChI is InChI=1S/C4H5N3/c5-3-7-2-1-6-4-7/h1-5H. The summed E-state index contributed by atoms with van der Waals surface area (Å²) in [6.07, 6.45) is 6.08. The first-order valence-electron chi connectivity index (χ1n) is 1.91. The molecule has 1 heterocycles. The number of imidazole rings is 1. The fourth-order valence-electron chi connectivity index (χ4n) is 0.346. The van der Waals surface area contributed by atoms with Crippen molar-refractivity contribution in [3.63, 3.8) is 0 Å². The second-order valence-electron chi connectivity index (χ2n) is 1.14. The van der Waals surface area contributed by atoms with Gasteiger partial charge in [0.15, 0.2) is 0 Å². The Morgan fingerprint density at radius 2 is 2.57 bits per heavy atom. The van der Waals surface area contributed by atoms with Crippen LogP contribution in [-0.4, -0.2) is 15.9 Å². The van der Waals surface area contributed by atoms with Crippen LogP contribution in [-0.2, 0) is 0 Å². The summed E-state index contributed by atoms with van der Waals surface area (Å²) >= 11 is 0. The molecule has 0 aliphatic rings. The van der Waals surface area contributed by atoms with Crippen molar-refractivity contribution in [2.75, 3.05) is 0 Å². The molecule has 0 fully saturated rings. The van der Waals surface area contributed by atoms with Crippen molar-refractivity contribution in [1.82, 2.24) is 9.55 Å². The summed E-state index contributed by atoms with van der Waals surface area (Å²) in [6.45, 7) is 0. The van der Waals surface area contributed by atoms with Gasteiger partial charge in [0.05, 0.1) is 12.7 Å². The molecule has 0 atom stereocenters. The Balaban J connectivity index is 2.96. The molecule has 0 bridgehead atoms. The number of rotatable bonds is 1. The van der Waals surface area contributed by atoms with E-state index in [2.05, 4.69) is 4.98 Å². The fraction of sp³-hybridized carbons (Fsp3) is 0. The molecule has 0 aromatic carbocycles. The van der Waals surface area contributed by atoms with Gasteiger partial charge in [0.2, 0.25) is 0 Å². The zero-order valence-corrected chi connectivity index (χ0v) is 3.70. The van der Waals surface area contributed by atoms with Crippen LogP contribution in [0.1, 0.15) is 0 Å². The summed E-state index contributed by atoms with van der Waals surface area (Å²) in [4.78, 5) is 3.70. The van der Waals surface area contributed by atoms with E-state index in [9.17, 15) is 0 Å². The lowest BCUT2D eigenvalue weighted by Gasteiger charge is -1.79. The minimum atomic E-state index is 1.19. The molecule has 7 heavy (non-hydrogen) atoms. The summed E-state index contributed by atoms with van der Waals surface area (Å²) < 4.78 is 1.56. The third-order valence-corrected chi connectivity index (χ3v) is 0.674. The van der Waals surface area contributed by atoms with Crippen LogP contribution in [0.3, 0.4) is 0 Å². The maximum atomic E-state index is 6.66. The lowest BCUT2D eigenvalue weighted by Crippen LogP contribution is -1.85. The van der Waals surface area contributed by atoms with Crippen molar-refractivity contribution in [2.24, 2.45) is 0 Å². The number of nitrogens with one attached hydrogen (secondary N) is 1. The third kappa shape index (κ3) is 0.652. The van der Waals surface area contributed by atoms with Gasteiger partial charge in [-0.1, -0.05) is 0 Å². The highest BCUT2D eigenvalue weighted by molar-refractivity contribution is 5.53. The van der Waals surface area contributed by atoms with E-state index >= 15 is 0 Å². The SMILES string of the molecule is N=Cn1ccnc1. The van der Waals surface area contributed by atoms with Gasteiger partial charge >= 0.3 is 0 Å². The van der Waals surface area contributed by atoms with Crippen molar-refractivity contribution in [2.45, 2.75) is 0 Å². The summed E-state index contributed by atoms with van der Waals surface area (Å²) in [7, 11) is 0. The van der Waals surface area contributed by atoms with Crippen LogP contribution < -0.4 is 0 Å². The Labute approximate surface area is 41.1 Å². The van der Waals surface area contributed by atoms with Crippen LogP contribution >= 0.6 is 0 Å². The molecule has 0 amide bonds. The van der Waals surface area contributed by atoms with Gasteiger partial charge in [-0.15, -0.1) is 0 Å². The number of hydrogen-bond acceptors (Lipinski definition) is 2. The molecule has 0 unspecified atom stereocenters. The first kappa shape index (κ1) is 4.05. The van der Waals surface area contributed by atoms with Crippen LogP contribution in [0.25, 0.3) is 0 Å². The highest BCUT2D eigenvalue weighted by Crippen LogP contribution is 1.74. The largest absolute Gasteiger partial charge is 0.297 e. The Morgan fingerprint density at radius 3 is 2.86 bits per heavy atom. The first-order chi connectivity index (χ1) is 3.43. The lowest BCUT2D eigenvalue weighted by atomic mass is 10.9. The summed E-state index contributed by atoms with van der Waals surface area (Å²) in [5.41, 5.74) is 0. The zero-order chi connectivity index (χ0) is 5.11. The Bertz CT molecular complexity index is 142. The highest BCUT2D eigenvalue weighted by Gasteiger charge is 1.74. The molecule has 0 radical (unpaired) electrons. The molecule has 0 saturated heterocycles. The quantitative estimate of drug-likeness (QED) is 0.396. The van der Waals surface area contributed by atoms with Crippen molar-refractivity contribution < 1.29 is 0 Å². The minimum absolute atomic E-state index is 1.19. The van der Waals surface area contributed by atoms with E-state index in [-0.39, 0.29) is 0 Å². The predicted octanol–water partition coefficient (Wildman–Crippen LogP) is 0.338. The van der Waals surface area contributed by atoms with E-state index in [0.717, 1.165) is 0 Å². The molecule has 0 aliphatic heterocycles.